The van der Waals surface area contributed by atoms with Crippen LogP contribution in [0.25, 0.3) is 16.7 Å². The number of hydrogen-bond acceptors (Lipinski definition) is 4. The molecule has 204 valence electrons. The van der Waals surface area contributed by atoms with E-state index in [1.54, 1.807) is 15.3 Å². The van der Waals surface area contributed by atoms with Gasteiger partial charge in [0.25, 0.3) is 5.91 Å². The van der Waals surface area contributed by atoms with Crippen molar-refractivity contribution in [2.24, 2.45) is 5.92 Å². The number of amides is 1. The van der Waals surface area contributed by atoms with Crippen LogP contribution in [0.15, 0.2) is 53.6 Å². The first-order chi connectivity index (χ1) is 18.5. The lowest BCUT2D eigenvalue weighted by atomic mass is 9.85. The number of hydrogen-bond donors (Lipinski definition) is 1. The molecule has 1 aliphatic carbocycles. The molecule has 0 unspecified atom stereocenters. The lowest BCUT2D eigenvalue weighted by Gasteiger charge is -2.29. The van der Waals surface area contributed by atoms with E-state index in [-0.39, 0.29) is 22.7 Å². The summed E-state index contributed by atoms with van der Waals surface area (Å²) in [6, 6.07) is 10.3. The number of aryl methyl sites for hydroxylation is 2. The summed E-state index contributed by atoms with van der Waals surface area (Å²) in [6.45, 7) is 4.36. The molecule has 7 nitrogen and oxygen atoms in total. The maximum Gasteiger partial charge on any atom is 0.434 e. The van der Waals surface area contributed by atoms with E-state index in [9.17, 15) is 22.8 Å². The van der Waals surface area contributed by atoms with Crippen molar-refractivity contribution in [1.29, 1.82) is 0 Å². The second kappa shape index (κ2) is 10.5. The normalized spacial score (nSPS) is 17.9. The molecule has 0 aliphatic heterocycles. The van der Waals surface area contributed by atoms with Crippen LogP contribution >= 0.6 is 11.6 Å². The van der Waals surface area contributed by atoms with Crippen molar-refractivity contribution in [2.75, 3.05) is 0 Å². The average molecular weight is 558 g/mol. The third-order valence-corrected chi connectivity index (χ3v) is 7.49. The number of imidazole rings is 1. The Balaban J connectivity index is 1.32. The van der Waals surface area contributed by atoms with Gasteiger partial charge < -0.3 is 5.32 Å². The van der Waals surface area contributed by atoms with Crippen LogP contribution in [-0.4, -0.2) is 31.1 Å². The summed E-state index contributed by atoms with van der Waals surface area (Å²) in [5, 5.41) is 2.68. The van der Waals surface area contributed by atoms with Crippen molar-refractivity contribution >= 4 is 28.5 Å². The van der Waals surface area contributed by atoms with Crippen molar-refractivity contribution in [2.45, 2.75) is 58.3 Å². The summed E-state index contributed by atoms with van der Waals surface area (Å²) >= 11 is 5.82. The zero-order valence-electron chi connectivity index (χ0n) is 21.4. The molecule has 11 heteroatoms. The molecule has 1 aromatic carbocycles. The monoisotopic (exact) mass is 557 g/mol. The van der Waals surface area contributed by atoms with E-state index >= 15 is 0 Å². The second-order valence-corrected chi connectivity index (χ2v) is 10.5. The molecule has 1 saturated carbocycles. The van der Waals surface area contributed by atoms with Crippen LogP contribution in [0.1, 0.15) is 53.0 Å². The Morgan fingerprint density at radius 3 is 2.41 bits per heavy atom. The first-order valence-corrected chi connectivity index (χ1v) is 13.1. The molecule has 0 bridgehead atoms. The van der Waals surface area contributed by atoms with Crippen molar-refractivity contribution in [3.63, 3.8) is 0 Å². The van der Waals surface area contributed by atoms with E-state index in [0.29, 0.717) is 32.2 Å². The van der Waals surface area contributed by atoms with Crippen LogP contribution in [0.4, 0.5) is 13.2 Å². The molecule has 3 heterocycles. The number of halogens is 4. The molecule has 0 saturated heterocycles. The van der Waals surface area contributed by atoms with Gasteiger partial charge in [-0.2, -0.15) is 13.2 Å². The molecule has 0 atom stereocenters. The van der Waals surface area contributed by atoms with E-state index in [1.165, 1.54) is 0 Å². The van der Waals surface area contributed by atoms with E-state index in [1.807, 2.05) is 44.2 Å². The van der Waals surface area contributed by atoms with Crippen LogP contribution in [0, 0.1) is 19.8 Å². The minimum atomic E-state index is -4.77. The standard InChI is InChI=1S/C28H27ClF3N5O2/c1-16-11-17(2)33-14-24(16)37-23-6-4-3-5-22(23)36(27(37)39)15-18-7-9-20(10-8-18)35-26(38)21-12-19(29)13-34-25(21)28(30,31)32/h3-6,11-14,18,20H,7-10,15H2,1-2H3,(H,35,38). The number of nitrogens with zero attached hydrogens (tertiary/aromatic N) is 4. The van der Waals surface area contributed by atoms with Crippen LogP contribution in [0.5, 0.6) is 0 Å². The summed E-state index contributed by atoms with van der Waals surface area (Å²) in [7, 11) is 0. The van der Waals surface area contributed by atoms with Gasteiger partial charge in [-0.1, -0.05) is 23.7 Å². The number of benzene rings is 1. The molecule has 1 N–H and O–H groups in total. The van der Waals surface area contributed by atoms with Crippen molar-refractivity contribution < 1.29 is 18.0 Å². The summed E-state index contributed by atoms with van der Waals surface area (Å²) in [6.07, 6.45) is 0.414. The van der Waals surface area contributed by atoms with Gasteiger partial charge in [0.15, 0.2) is 5.69 Å². The third-order valence-electron chi connectivity index (χ3n) is 7.29. The number of pyridine rings is 2. The molecule has 1 fully saturated rings. The summed E-state index contributed by atoms with van der Waals surface area (Å²) in [5.41, 5.74) is 2.20. The fraction of sp³-hybridized carbons (Fsp3) is 0.357. The fourth-order valence-electron chi connectivity index (χ4n) is 5.39. The van der Waals surface area contributed by atoms with Gasteiger partial charge in [-0.15, -0.1) is 0 Å². The predicted octanol–water partition coefficient (Wildman–Crippen LogP) is 5.86. The number of alkyl halides is 3. The SMILES string of the molecule is Cc1cc(C)c(-n2c(=O)n(CC3CCC(NC(=O)c4cc(Cl)cnc4C(F)(F)F)CC3)c3ccccc32)cn1. The van der Waals surface area contributed by atoms with Crippen LogP contribution in [0.3, 0.4) is 0 Å². The molecule has 0 spiro atoms. The first-order valence-electron chi connectivity index (χ1n) is 12.7. The Bertz CT molecular complexity index is 1600. The molecule has 5 rings (SSSR count). The van der Waals surface area contributed by atoms with Crippen molar-refractivity contribution in [3.05, 3.63) is 86.8 Å². The van der Waals surface area contributed by atoms with Gasteiger partial charge in [0.05, 0.1) is 33.5 Å². The minimum Gasteiger partial charge on any atom is -0.349 e. The highest BCUT2D eigenvalue weighted by Crippen LogP contribution is 2.32. The molecule has 0 radical (unpaired) electrons. The maximum atomic E-state index is 13.6. The molecular formula is C28H27ClF3N5O2. The van der Waals surface area contributed by atoms with Crippen molar-refractivity contribution in [1.82, 2.24) is 24.4 Å². The van der Waals surface area contributed by atoms with Gasteiger partial charge >= 0.3 is 11.9 Å². The summed E-state index contributed by atoms with van der Waals surface area (Å²) in [5.74, 6) is -0.673. The number of para-hydroxylation sites is 2. The zero-order chi connectivity index (χ0) is 27.9. The van der Waals surface area contributed by atoms with Gasteiger partial charge in [-0.3, -0.25) is 18.9 Å². The van der Waals surface area contributed by atoms with Gasteiger partial charge in [-0.25, -0.2) is 9.78 Å². The van der Waals surface area contributed by atoms with Gasteiger partial charge in [0.1, 0.15) is 0 Å². The molecule has 1 aliphatic rings. The highest BCUT2D eigenvalue weighted by molar-refractivity contribution is 6.30. The Morgan fingerprint density at radius 1 is 1.05 bits per heavy atom. The Hall–Kier alpha value is -3.66. The number of carbonyl (C=O) groups excluding carboxylic acids is 1. The molecular weight excluding hydrogens is 531 g/mol. The lowest BCUT2D eigenvalue weighted by molar-refractivity contribution is -0.141. The molecule has 3 aromatic heterocycles. The Labute approximate surface area is 227 Å². The first kappa shape index (κ1) is 26.9. The number of aromatic nitrogens is 4. The quantitative estimate of drug-likeness (QED) is 0.333. The number of fused-ring (bicyclic) bond motifs is 1. The zero-order valence-corrected chi connectivity index (χ0v) is 22.2. The third kappa shape index (κ3) is 5.43. The summed E-state index contributed by atoms with van der Waals surface area (Å²) in [4.78, 5) is 34.1. The van der Waals surface area contributed by atoms with Crippen LogP contribution in [0.2, 0.25) is 5.02 Å². The topological polar surface area (TPSA) is 81.8 Å². The highest BCUT2D eigenvalue weighted by Gasteiger charge is 2.38. The highest BCUT2D eigenvalue weighted by atomic mass is 35.5. The minimum absolute atomic E-state index is 0.0434. The van der Waals surface area contributed by atoms with Crippen molar-refractivity contribution in [3.8, 4) is 5.69 Å². The molecule has 39 heavy (non-hydrogen) atoms. The fourth-order valence-corrected chi connectivity index (χ4v) is 5.55. The maximum absolute atomic E-state index is 13.6. The van der Waals surface area contributed by atoms with E-state index in [4.69, 9.17) is 11.6 Å². The van der Waals surface area contributed by atoms with Gasteiger partial charge in [0, 0.05) is 24.5 Å². The lowest BCUT2D eigenvalue weighted by Crippen LogP contribution is -2.39. The average Bonchev–Trinajstić information content (AvgIpc) is 3.15. The van der Waals surface area contributed by atoms with E-state index < -0.39 is 23.3 Å². The van der Waals surface area contributed by atoms with E-state index in [2.05, 4.69) is 15.3 Å². The van der Waals surface area contributed by atoms with E-state index in [0.717, 1.165) is 40.2 Å². The second-order valence-electron chi connectivity index (χ2n) is 10.1. The van der Waals surface area contributed by atoms with Gasteiger partial charge in [0.2, 0.25) is 0 Å². The summed E-state index contributed by atoms with van der Waals surface area (Å²) < 4.78 is 43.5. The number of nitrogens with one attached hydrogen (secondary N) is 1. The number of carbonyl (C=O) groups is 1. The van der Waals surface area contributed by atoms with Crippen LogP contribution in [-0.2, 0) is 12.7 Å². The Morgan fingerprint density at radius 2 is 1.74 bits per heavy atom. The Kier molecular flexibility index (Phi) is 7.24. The van der Waals surface area contributed by atoms with Gasteiger partial charge in [-0.05, 0) is 75.3 Å². The largest absolute Gasteiger partial charge is 0.434 e. The molecule has 4 aromatic rings. The smallest absolute Gasteiger partial charge is 0.349 e. The predicted molar refractivity (Wildman–Crippen MR) is 142 cm³/mol. The molecule has 1 amide bonds. The van der Waals surface area contributed by atoms with Crippen LogP contribution < -0.4 is 11.0 Å². The number of rotatable bonds is 5.